The maximum Gasteiger partial charge on any atom is 0.231 e. The number of rotatable bonds is 7. The van der Waals surface area contributed by atoms with Crippen molar-refractivity contribution in [1.29, 1.82) is 0 Å². The highest BCUT2D eigenvalue weighted by Crippen LogP contribution is 2.33. The molecule has 2 aliphatic heterocycles. The van der Waals surface area contributed by atoms with Gasteiger partial charge in [-0.15, -0.1) is 5.10 Å². The number of tetrazole rings is 1. The number of nitrogens with zero attached hydrogens (tertiary/aromatic N) is 6. The van der Waals surface area contributed by atoms with E-state index in [0.29, 0.717) is 6.54 Å². The first kappa shape index (κ1) is 18.2. The van der Waals surface area contributed by atoms with Gasteiger partial charge in [-0.05, 0) is 41.6 Å². The van der Waals surface area contributed by atoms with E-state index in [4.69, 9.17) is 9.47 Å². The zero-order chi connectivity index (χ0) is 18.6. The van der Waals surface area contributed by atoms with Crippen molar-refractivity contribution >= 4 is 0 Å². The Balaban J connectivity index is 1.54. The van der Waals surface area contributed by atoms with E-state index in [1.165, 1.54) is 12.8 Å². The average Bonchev–Trinajstić information content (AvgIpc) is 3.33. The lowest BCUT2D eigenvalue weighted by atomic mass is 10.1. The van der Waals surface area contributed by atoms with Crippen molar-refractivity contribution in [2.75, 3.05) is 40.0 Å². The highest BCUT2D eigenvalue weighted by atomic mass is 16.7. The molecule has 2 aliphatic rings. The third kappa shape index (κ3) is 4.06. The van der Waals surface area contributed by atoms with Crippen molar-refractivity contribution in [3.05, 3.63) is 29.6 Å². The summed E-state index contributed by atoms with van der Waals surface area (Å²) < 4.78 is 12.8. The summed E-state index contributed by atoms with van der Waals surface area (Å²) in [6, 6.07) is 6.29. The normalized spacial score (nSPS) is 18.7. The Bertz CT molecular complexity index is 756. The smallest absolute Gasteiger partial charge is 0.231 e. The summed E-state index contributed by atoms with van der Waals surface area (Å²) in [7, 11) is 2.18. The second-order valence-corrected chi connectivity index (χ2v) is 7.38. The molecule has 1 unspecified atom stereocenters. The predicted molar refractivity (Wildman–Crippen MR) is 101 cm³/mol. The van der Waals surface area contributed by atoms with Crippen LogP contribution in [0.15, 0.2) is 18.2 Å². The van der Waals surface area contributed by atoms with Gasteiger partial charge in [-0.3, -0.25) is 4.90 Å². The predicted octanol–water partition coefficient (Wildman–Crippen LogP) is 1.93. The van der Waals surface area contributed by atoms with Gasteiger partial charge in [0.1, 0.15) is 0 Å². The molecule has 146 valence electrons. The number of benzene rings is 1. The van der Waals surface area contributed by atoms with Gasteiger partial charge in [0, 0.05) is 26.2 Å². The Labute approximate surface area is 160 Å². The fourth-order valence-corrected chi connectivity index (χ4v) is 3.78. The molecule has 0 amide bonds. The number of hydrogen-bond donors (Lipinski definition) is 0. The SMILES string of the molecule is CCCCC(c1nnnn1Cc1ccc2c(c1)OCO2)N1CCN(C)CC1. The van der Waals surface area contributed by atoms with Gasteiger partial charge in [0.25, 0.3) is 0 Å². The lowest BCUT2D eigenvalue weighted by molar-refractivity contribution is 0.0988. The van der Waals surface area contributed by atoms with Crippen molar-refractivity contribution in [2.24, 2.45) is 0 Å². The lowest BCUT2D eigenvalue weighted by Gasteiger charge is -2.37. The summed E-state index contributed by atoms with van der Waals surface area (Å²) in [5.41, 5.74) is 1.11. The first-order chi connectivity index (χ1) is 13.2. The van der Waals surface area contributed by atoms with E-state index in [0.717, 1.165) is 55.5 Å². The van der Waals surface area contributed by atoms with Crippen LogP contribution < -0.4 is 9.47 Å². The van der Waals surface area contributed by atoms with Gasteiger partial charge in [0.2, 0.25) is 6.79 Å². The first-order valence-electron chi connectivity index (χ1n) is 9.81. The molecule has 0 spiro atoms. The Morgan fingerprint density at radius 2 is 1.93 bits per heavy atom. The number of piperazine rings is 1. The Hall–Kier alpha value is -2.19. The van der Waals surface area contributed by atoms with Crippen LogP contribution in [-0.4, -0.2) is 70.0 Å². The summed E-state index contributed by atoms with van der Waals surface area (Å²) in [6.07, 6.45) is 3.43. The summed E-state index contributed by atoms with van der Waals surface area (Å²) in [5, 5.41) is 12.7. The Morgan fingerprint density at radius 3 is 2.74 bits per heavy atom. The van der Waals surface area contributed by atoms with Crippen LogP contribution in [0.25, 0.3) is 0 Å². The largest absolute Gasteiger partial charge is 0.454 e. The van der Waals surface area contributed by atoms with Gasteiger partial charge < -0.3 is 14.4 Å². The number of hydrogen-bond acceptors (Lipinski definition) is 7. The molecule has 0 N–H and O–H groups in total. The van der Waals surface area contributed by atoms with Gasteiger partial charge in [0.15, 0.2) is 17.3 Å². The number of likely N-dealkylation sites (N-methyl/N-ethyl adjacent to an activating group) is 1. The molecule has 0 saturated carbocycles. The zero-order valence-electron chi connectivity index (χ0n) is 16.2. The van der Waals surface area contributed by atoms with Crippen LogP contribution in [0.1, 0.15) is 43.6 Å². The van der Waals surface area contributed by atoms with Crippen molar-refractivity contribution in [3.63, 3.8) is 0 Å². The number of fused-ring (bicyclic) bond motifs is 1. The third-order valence-corrected chi connectivity index (χ3v) is 5.44. The fourth-order valence-electron chi connectivity index (χ4n) is 3.78. The molecule has 4 rings (SSSR count). The maximum atomic E-state index is 5.50. The monoisotopic (exact) mass is 372 g/mol. The van der Waals surface area contributed by atoms with E-state index < -0.39 is 0 Å². The van der Waals surface area contributed by atoms with Crippen LogP contribution >= 0.6 is 0 Å². The van der Waals surface area contributed by atoms with Crippen LogP contribution in [0, 0.1) is 0 Å². The fraction of sp³-hybridized carbons (Fsp3) is 0.632. The van der Waals surface area contributed by atoms with Gasteiger partial charge >= 0.3 is 0 Å². The van der Waals surface area contributed by atoms with Crippen molar-refractivity contribution < 1.29 is 9.47 Å². The first-order valence-corrected chi connectivity index (χ1v) is 9.81. The van der Waals surface area contributed by atoms with Gasteiger partial charge in [0.05, 0.1) is 12.6 Å². The van der Waals surface area contributed by atoms with Crippen LogP contribution in [-0.2, 0) is 6.54 Å². The molecule has 8 nitrogen and oxygen atoms in total. The second-order valence-electron chi connectivity index (χ2n) is 7.38. The summed E-state index contributed by atoms with van der Waals surface area (Å²) in [6.45, 7) is 7.45. The maximum absolute atomic E-state index is 5.50. The van der Waals surface area contributed by atoms with E-state index >= 15 is 0 Å². The topological polar surface area (TPSA) is 68.5 Å². The molecule has 0 radical (unpaired) electrons. The molecule has 1 atom stereocenters. The number of ether oxygens (including phenoxy) is 2. The average molecular weight is 372 g/mol. The van der Waals surface area contributed by atoms with Crippen LogP contribution in [0.2, 0.25) is 0 Å². The Morgan fingerprint density at radius 1 is 1.11 bits per heavy atom. The third-order valence-electron chi connectivity index (χ3n) is 5.44. The Kier molecular flexibility index (Phi) is 5.54. The van der Waals surface area contributed by atoms with Gasteiger partial charge in [-0.1, -0.05) is 25.8 Å². The summed E-state index contributed by atoms with van der Waals surface area (Å²) >= 11 is 0. The van der Waals surface area contributed by atoms with E-state index in [1.54, 1.807) is 0 Å². The zero-order valence-corrected chi connectivity index (χ0v) is 16.2. The van der Waals surface area contributed by atoms with Crippen LogP contribution in [0.3, 0.4) is 0 Å². The van der Waals surface area contributed by atoms with Crippen molar-refractivity contribution in [3.8, 4) is 11.5 Å². The van der Waals surface area contributed by atoms with E-state index in [2.05, 4.69) is 45.4 Å². The minimum atomic E-state index is 0.266. The second kappa shape index (κ2) is 8.22. The highest BCUT2D eigenvalue weighted by Gasteiger charge is 2.28. The number of aromatic nitrogens is 4. The minimum absolute atomic E-state index is 0.266. The van der Waals surface area contributed by atoms with Gasteiger partial charge in [-0.2, -0.15) is 0 Å². The molecule has 2 aromatic rings. The standard InChI is InChI=1S/C19H28N6O2/c1-3-4-5-16(24-10-8-23(2)9-11-24)19-20-21-22-25(19)13-15-6-7-17-18(12-15)27-14-26-17/h6-7,12,16H,3-5,8-11,13-14H2,1-2H3. The molecule has 3 heterocycles. The molecule has 0 bridgehead atoms. The minimum Gasteiger partial charge on any atom is -0.454 e. The molecule has 27 heavy (non-hydrogen) atoms. The molecule has 8 heteroatoms. The molecule has 1 saturated heterocycles. The summed E-state index contributed by atoms with van der Waals surface area (Å²) in [4.78, 5) is 4.92. The summed E-state index contributed by atoms with van der Waals surface area (Å²) in [5.74, 6) is 2.56. The van der Waals surface area contributed by atoms with E-state index in [9.17, 15) is 0 Å². The van der Waals surface area contributed by atoms with Crippen LogP contribution in [0.5, 0.6) is 11.5 Å². The lowest BCUT2D eigenvalue weighted by Crippen LogP contribution is -2.46. The molecule has 0 aliphatic carbocycles. The van der Waals surface area contributed by atoms with E-state index in [-0.39, 0.29) is 12.8 Å². The number of unbranched alkanes of at least 4 members (excludes halogenated alkanes) is 1. The molecular weight excluding hydrogens is 344 g/mol. The molecule has 1 aromatic heterocycles. The van der Waals surface area contributed by atoms with Crippen molar-refractivity contribution in [1.82, 2.24) is 30.0 Å². The highest BCUT2D eigenvalue weighted by molar-refractivity contribution is 5.44. The quantitative estimate of drug-likeness (QED) is 0.735. The van der Waals surface area contributed by atoms with Gasteiger partial charge in [-0.25, -0.2) is 4.68 Å². The van der Waals surface area contributed by atoms with Crippen LogP contribution in [0.4, 0.5) is 0 Å². The van der Waals surface area contributed by atoms with E-state index in [1.807, 2.05) is 16.8 Å². The van der Waals surface area contributed by atoms with Crippen molar-refractivity contribution in [2.45, 2.75) is 38.8 Å². The molecule has 1 aromatic carbocycles. The molecule has 1 fully saturated rings. The molecular formula is C19H28N6O2.